The summed E-state index contributed by atoms with van der Waals surface area (Å²) in [6, 6.07) is 5.97. The van der Waals surface area contributed by atoms with E-state index in [2.05, 4.69) is 25.2 Å². The van der Waals surface area contributed by atoms with Gasteiger partial charge in [-0.15, -0.1) is 0 Å². The van der Waals surface area contributed by atoms with Crippen molar-refractivity contribution in [2.45, 2.75) is 57.5 Å². The lowest BCUT2D eigenvalue weighted by Gasteiger charge is -2.43. The molecule has 10 nitrogen and oxygen atoms in total. The van der Waals surface area contributed by atoms with Crippen molar-refractivity contribution in [2.75, 3.05) is 42.9 Å². The molecule has 2 aromatic heterocycles. The minimum atomic E-state index is -1.59. The van der Waals surface area contributed by atoms with E-state index in [1.165, 1.54) is 31.4 Å². The number of anilines is 2. The van der Waals surface area contributed by atoms with Gasteiger partial charge in [0, 0.05) is 43.6 Å². The van der Waals surface area contributed by atoms with Gasteiger partial charge >= 0.3 is 0 Å². The smallest absolute Gasteiger partial charge is 0.261 e. The molecule has 1 aromatic carbocycles. The Hall–Kier alpha value is -3.57. The van der Waals surface area contributed by atoms with Crippen LogP contribution in [0, 0.1) is 0 Å². The van der Waals surface area contributed by atoms with Crippen LogP contribution in [0.5, 0.6) is 0 Å². The lowest BCUT2D eigenvalue weighted by molar-refractivity contribution is -0.0159. The predicted molar refractivity (Wildman–Crippen MR) is 145 cm³/mol. The van der Waals surface area contributed by atoms with Gasteiger partial charge in [0.1, 0.15) is 11.7 Å². The second kappa shape index (κ2) is 9.87. The molecule has 1 atom stereocenters. The number of carbonyl (C=O) groups excluding carboxylic acids is 2. The molecule has 5 heterocycles. The molecule has 0 radical (unpaired) electrons. The number of aromatic nitrogens is 3. The van der Waals surface area contributed by atoms with Crippen LogP contribution in [0.25, 0.3) is 5.65 Å². The third-order valence-electron chi connectivity index (χ3n) is 8.23. The van der Waals surface area contributed by atoms with Gasteiger partial charge in [-0.3, -0.25) is 9.59 Å². The van der Waals surface area contributed by atoms with E-state index >= 15 is 0 Å². The molecule has 206 valence electrons. The average Bonchev–Trinajstić information content (AvgIpc) is 3.43. The first-order valence-electron chi connectivity index (χ1n) is 13.6. The van der Waals surface area contributed by atoms with E-state index in [4.69, 9.17) is 0 Å². The average molecular weight is 536 g/mol. The summed E-state index contributed by atoms with van der Waals surface area (Å²) in [7, 11) is 0. The lowest BCUT2D eigenvalue weighted by atomic mass is 9.98. The maximum Gasteiger partial charge on any atom is 0.261 e. The minimum Gasteiger partial charge on any atom is -0.387 e. The summed E-state index contributed by atoms with van der Waals surface area (Å²) in [4.78, 5) is 37.2. The SMILES string of the molecule is CC(C)(O)[C@H](F)CN1Cc2cc(NC(=O)c3cnn4cccnc34)c(N3CCC(N4CCC4)CC3)cc2C1=O. The van der Waals surface area contributed by atoms with Gasteiger partial charge in [-0.25, -0.2) is 13.9 Å². The molecule has 0 saturated carbocycles. The number of benzene rings is 1. The van der Waals surface area contributed by atoms with Crippen molar-refractivity contribution in [3.05, 3.63) is 53.5 Å². The number of nitrogens with one attached hydrogen (secondary N) is 1. The van der Waals surface area contributed by atoms with E-state index in [0.29, 0.717) is 28.5 Å². The van der Waals surface area contributed by atoms with E-state index in [9.17, 15) is 19.1 Å². The normalized spacial score (nSPS) is 19.3. The molecule has 0 spiro atoms. The minimum absolute atomic E-state index is 0.205. The fraction of sp³-hybridized carbons (Fsp3) is 0.500. The molecule has 0 aliphatic carbocycles. The summed E-state index contributed by atoms with van der Waals surface area (Å²) < 4.78 is 16.2. The molecular formula is C28H34FN7O3. The molecular weight excluding hydrogens is 501 g/mol. The predicted octanol–water partition coefficient (Wildman–Crippen LogP) is 2.72. The fourth-order valence-corrected chi connectivity index (χ4v) is 5.69. The van der Waals surface area contributed by atoms with Gasteiger partial charge in [-0.2, -0.15) is 5.10 Å². The van der Waals surface area contributed by atoms with Crippen LogP contribution in [0.4, 0.5) is 15.8 Å². The number of piperidine rings is 1. The summed E-state index contributed by atoms with van der Waals surface area (Å²) in [5.41, 5.74) is 1.86. The van der Waals surface area contributed by atoms with Crippen LogP contribution < -0.4 is 10.2 Å². The number of fused-ring (bicyclic) bond motifs is 2. The van der Waals surface area contributed by atoms with Crippen molar-refractivity contribution >= 4 is 28.8 Å². The number of rotatable bonds is 7. The van der Waals surface area contributed by atoms with Gasteiger partial charge < -0.3 is 25.1 Å². The molecule has 3 aliphatic rings. The molecule has 39 heavy (non-hydrogen) atoms. The molecule has 0 unspecified atom stereocenters. The van der Waals surface area contributed by atoms with Crippen LogP contribution >= 0.6 is 0 Å². The number of halogens is 1. The van der Waals surface area contributed by atoms with Crippen molar-refractivity contribution in [2.24, 2.45) is 0 Å². The van der Waals surface area contributed by atoms with E-state index in [1.54, 1.807) is 23.0 Å². The first kappa shape index (κ1) is 25.7. The first-order valence-corrected chi connectivity index (χ1v) is 13.6. The molecule has 11 heteroatoms. The van der Waals surface area contributed by atoms with Crippen molar-refractivity contribution < 1.29 is 19.1 Å². The number of aliphatic hydroxyl groups is 1. The van der Waals surface area contributed by atoms with Crippen molar-refractivity contribution in [1.29, 1.82) is 0 Å². The Bertz CT molecular complexity index is 1410. The molecule has 2 saturated heterocycles. The van der Waals surface area contributed by atoms with E-state index in [0.717, 1.165) is 50.3 Å². The van der Waals surface area contributed by atoms with Crippen LogP contribution in [-0.2, 0) is 6.54 Å². The van der Waals surface area contributed by atoms with Gasteiger partial charge in [0.25, 0.3) is 11.8 Å². The Morgan fingerprint density at radius 2 is 2.00 bits per heavy atom. The number of amides is 2. The van der Waals surface area contributed by atoms with Crippen LogP contribution in [-0.4, -0.2) is 91.9 Å². The largest absolute Gasteiger partial charge is 0.387 e. The summed E-state index contributed by atoms with van der Waals surface area (Å²) in [5.74, 6) is -0.606. The van der Waals surface area contributed by atoms with E-state index in [-0.39, 0.29) is 24.9 Å². The fourth-order valence-electron chi connectivity index (χ4n) is 5.69. The number of carbonyl (C=O) groups is 2. The Labute approximate surface area is 226 Å². The van der Waals surface area contributed by atoms with Crippen molar-refractivity contribution in [3.63, 3.8) is 0 Å². The highest BCUT2D eigenvalue weighted by Crippen LogP contribution is 2.37. The number of likely N-dealkylation sites (tertiary alicyclic amines) is 1. The van der Waals surface area contributed by atoms with Crippen LogP contribution in [0.3, 0.4) is 0 Å². The van der Waals surface area contributed by atoms with Gasteiger partial charge in [0.05, 0.1) is 29.7 Å². The Morgan fingerprint density at radius 1 is 1.23 bits per heavy atom. The highest BCUT2D eigenvalue weighted by molar-refractivity contribution is 6.10. The first-order chi connectivity index (χ1) is 18.7. The third-order valence-corrected chi connectivity index (χ3v) is 8.23. The zero-order valence-corrected chi connectivity index (χ0v) is 22.3. The van der Waals surface area contributed by atoms with Crippen molar-refractivity contribution in [3.8, 4) is 0 Å². The maximum absolute atomic E-state index is 14.7. The Kier molecular flexibility index (Phi) is 6.50. The molecule has 2 amide bonds. The zero-order chi connectivity index (χ0) is 27.3. The molecule has 2 fully saturated rings. The van der Waals surface area contributed by atoms with E-state index in [1.807, 2.05) is 12.1 Å². The Morgan fingerprint density at radius 3 is 2.69 bits per heavy atom. The topological polar surface area (TPSA) is 106 Å². The summed E-state index contributed by atoms with van der Waals surface area (Å²) in [6.07, 6.45) is 6.53. The van der Waals surface area contributed by atoms with Gasteiger partial charge in [0.15, 0.2) is 5.65 Å². The van der Waals surface area contributed by atoms with Gasteiger partial charge in [0.2, 0.25) is 0 Å². The molecule has 3 aliphatic heterocycles. The van der Waals surface area contributed by atoms with Gasteiger partial charge in [-0.05, 0) is 70.0 Å². The number of nitrogens with zero attached hydrogens (tertiary/aromatic N) is 6. The Balaban J connectivity index is 1.30. The monoisotopic (exact) mass is 535 g/mol. The van der Waals surface area contributed by atoms with Crippen LogP contribution in [0.15, 0.2) is 36.8 Å². The second-order valence-corrected chi connectivity index (χ2v) is 11.3. The van der Waals surface area contributed by atoms with Crippen LogP contribution in [0.2, 0.25) is 0 Å². The quantitative estimate of drug-likeness (QED) is 0.479. The molecule has 3 aromatic rings. The second-order valence-electron chi connectivity index (χ2n) is 11.3. The summed E-state index contributed by atoms with van der Waals surface area (Å²) >= 11 is 0. The highest BCUT2D eigenvalue weighted by atomic mass is 19.1. The van der Waals surface area contributed by atoms with Crippen LogP contribution in [0.1, 0.15) is 59.4 Å². The summed E-state index contributed by atoms with van der Waals surface area (Å²) in [6.45, 7) is 6.74. The molecule has 6 rings (SSSR count). The number of hydrogen-bond donors (Lipinski definition) is 2. The van der Waals surface area contributed by atoms with Gasteiger partial charge in [-0.1, -0.05) is 0 Å². The standard InChI is InChI=1S/C28H34FN7O3/c1-28(2,39)24(29)17-35-16-18-13-22(32-26(37)21-15-31-36-10-3-7-30-25(21)36)23(14-20(18)27(35)38)34-11-5-19(6-12-34)33-8-4-9-33/h3,7,10,13-15,19,24,39H,4-6,8-9,11-12,16-17H2,1-2H3,(H,32,37)/t24-/m1/s1. The summed E-state index contributed by atoms with van der Waals surface area (Å²) in [5, 5.41) is 17.4. The molecule has 0 bridgehead atoms. The number of alkyl halides is 1. The maximum atomic E-state index is 14.7. The molecule has 2 N–H and O–H groups in total. The highest BCUT2D eigenvalue weighted by Gasteiger charge is 2.36. The number of hydrogen-bond acceptors (Lipinski definition) is 7. The zero-order valence-electron chi connectivity index (χ0n) is 22.3. The van der Waals surface area contributed by atoms with Crippen molar-refractivity contribution in [1.82, 2.24) is 24.4 Å². The lowest BCUT2D eigenvalue weighted by Crippen LogP contribution is -2.50. The van der Waals surface area contributed by atoms with E-state index < -0.39 is 11.8 Å². The third kappa shape index (κ3) is 4.85.